The Labute approximate surface area is 84.3 Å². The molecule has 0 spiro atoms. The summed E-state index contributed by atoms with van der Waals surface area (Å²) in [5, 5.41) is 2.88. The van der Waals surface area contributed by atoms with E-state index in [4.69, 9.17) is 0 Å². The van der Waals surface area contributed by atoms with E-state index in [1.54, 1.807) is 0 Å². The predicted molar refractivity (Wildman–Crippen MR) is 56.3 cm³/mol. The van der Waals surface area contributed by atoms with Gasteiger partial charge in [0.05, 0.1) is 5.92 Å². The van der Waals surface area contributed by atoms with Crippen LogP contribution in [0, 0.1) is 13.8 Å². The fourth-order valence-electron chi connectivity index (χ4n) is 2.03. The summed E-state index contributed by atoms with van der Waals surface area (Å²) in [7, 11) is 0. The summed E-state index contributed by atoms with van der Waals surface area (Å²) in [6.45, 7) is 4.95. The van der Waals surface area contributed by atoms with Crippen molar-refractivity contribution in [2.45, 2.75) is 26.2 Å². The highest BCUT2D eigenvalue weighted by Gasteiger charge is 2.26. The molecule has 1 aromatic carbocycles. The Balaban J connectivity index is 2.39. The number of aryl methyl sites for hydroxylation is 2. The first-order valence-electron chi connectivity index (χ1n) is 5.03. The van der Waals surface area contributed by atoms with Crippen LogP contribution in [0.15, 0.2) is 18.2 Å². The molecule has 2 nitrogen and oxygen atoms in total. The maximum atomic E-state index is 11.5. The molecule has 1 atom stereocenters. The number of carbonyl (C=O) groups is 1. The monoisotopic (exact) mass is 189 g/mol. The summed E-state index contributed by atoms with van der Waals surface area (Å²) in [5.41, 5.74) is 3.64. The smallest absolute Gasteiger partial charge is 0.227 e. The van der Waals surface area contributed by atoms with Crippen LogP contribution in [0.3, 0.4) is 0 Å². The van der Waals surface area contributed by atoms with Gasteiger partial charge in [0.15, 0.2) is 0 Å². The van der Waals surface area contributed by atoms with Gasteiger partial charge in [-0.05, 0) is 31.4 Å². The van der Waals surface area contributed by atoms with Crippen molar-refractivity contribution in [2.24, 2.45) is 0 Å². The van der Waals surface area contributed by atoms with Crippen LogP contribution in [0.5, 0.6) is 0 Å². The molecule has 2 rings (SSSR count). The van der Waals surface area contributed by atoms with Crippen LogP contribution in [0.1, 0.15) is 29.0 Å². The van der Waals surface area contributed by atoms with Crippen molar-refractivity contribution in [3.05, 3.63) is 34.9 Å². The highest BCUT2D eigenvalue weighted by atomic mass is 16.2. The first kappa shape index (κ1) is 9.25. The van der Waals surface area contributed by atoms with Crippen LogP contribution in [-0.2, 0) is 4.79 Å². The van der Waals surface area contributed by atoms with Crippen molar-refractivity contribution < 1.29 is 4.79 Å². The highest BCUT2D eigenvalue weighted by Crippen LogP contribution is 2.26. The van der Waals surface area contributed by atoms with E-state index in [0.29, 0.717) is 0 Å². The summed E-state index contributed by atoms with van der Waals surface area (Å²) in [6, 6.07) is 6.31. The Morgan fingerprint density at radius 2 is 2.14 bits per heavy atom. The molecule has 1 heterocycles. The molecule has 1 fully saturated rings. The third-order valence-electron chi connectivity index (χ3n) is 2.86. The van der Waals surface area contributed by atoms with Gasteiger partial charge in [0, 0.05) is 6.54 Å². The number of hydrogen-bond acceptors (Lipinski definition) is 1. The van der Waals surface area contributed by atoms with Crippen LogP contribution in [0.25, 0.3) is 0 Å². The van der Waals surface area contributed by atoms with E-state index >= 15 is 0 Å². The van der Waals surface area contributed by atoms with Gasteiger partial charge in [-0.2, -0.15) is 0 Å². The average Bonchev–Trinajstić information content (AvgIpc) is 2.56. The lowest BCUT2D eigenvalue weighted by atomic mass is 9.92. The van der Waals surface area contributed by atoms with Gasteiger partial charge >= 0.3 is 0 Å². The predicted octanol–water partition coefficient (Wildman–Crippen LogP) is 1.91. The molecule has 14 heavy (non-hydrogen) atoms. The van der Waals surface area contributed by atoms with E-state index in [0.717, 1.165) is 13.0 Å². The molecule has 1 aliphatic heterocycles. The van der Waals surface area contributed by atoms with E-state index in [1.807, 2.05) is 0 Å². The third-order valence-corrected chi connectivity index (χ3v) is 2.86. The zero-order valence-corrected chi connectivity index (χ0v) is 8.63. The van der Waals surface area contributed by atoms with Gasteiger partial charge in [0.25, 0.3) is 0 Å². The summed E-state index contributed by atoms with van der Waals surface area (Å²) in [6.07, 6.45) is 0.934. The number of amides is 1. The molecule has 0 radical (unpaired) electrons. The lowest BCUT2D eigenvalue weighted by Gasteiger charge is -2.11. The second-order valence-corrected chi connectivity index (χ2v) is 3.99. The Morgan fingerprint density at radius 1 is 1.36 bits per heavy atom. The first-order chi connectivity index (χ1) is 6.68. The maximum absolute atomic E-state index is 11.5. The number of benzene rings is 1. The van der Waals surface area contributed by atoms with E-state index in [-0.39, 0.29) is 11.8 Å². The Hall–Kier alpha value is -1.31. The third kappa shape index (κ3) is 1.52. The quantitative estimate of drug-likeness (QED) is 0.718. The van der Waals surface area contributed by atoms with Gasteiger partial charge in [-0.15, -0.1) is 0 Å². The second kappa shape index (κ2) is 3.45. The van der Waals surface area contributed by atoms with E-state index in [1.165, 1.54) is 16.7 Å². The van der Waals surface area contributed by atoms with Crippen LogP contribution < -0.4 is 5.32 Å². The molecule has 1 aromatic rings. The number of carbonyl (C=O) groups excluding carboxylic acids is 1. The minimum atomic E-state index is 0.0786. The van der Waals surface area contributed by atoms with Crippen molar-refractivity contribution in [3.63, 3.8) is 0 Å². The van der Waals surface area contributed by atoms with E-state index in [2.05, 4.69) is 37.4 Å². The average molecular weight is 189 g/mol. The molecule has 74 valence electrons. The zero-order chi connectivity index (χ0) is 10.1. The van der Waals surface area contributed by atoms with Crippen LogP contribution in [0.4, 0.5) is 0 Å². The maximum Gasteiger partial charge on any atom is 0.227 e. The fraction of sp³-hybridized carbons (Fsp3) is 0.417. The topological polar surface area (TPSA) is 29.1 Å². The Kier molecular flexibility index (Phi) is 2.28. The summed E-state index contributed by atoms with van der Waals surface area (Å²) >= 11 is 0. The molecule has 2 heteroatoms. The van der Waals surface area contributed by atoms with Gasteiger partial charge < -0.3 is 5.32 Å². The molecular weight excluding hydrogens is 174 g/mol. The standard InChI is InChI=1S/C12H15NO/c1-8-3-4-9(2)11(7-8)10-5-6-13-12(10)14/h3-4,7,10H,5-6H2,1-2H3,(H,13,14). The number of nitrogens with one attached hydrogen (secondary N) is 1. The lowest BCUT2D eigenvalue weighted by molar-refractivity contribution is -0.120. The minimum absolute atomic E-state index is 0.0786. The van der Waals surface area contributed by atoms with E-state index in [9.17, 15) is 4.79 Å². The van der Waals surface area contributed by atoms with Crippen molar-refractivity contribution in [1.82, 2.24) is 5.32 Å². The Morgan fingerprint density at radius 3 is 2.79 bits per heavy atom. The zero-order valence-electron chi connectivity index (χ0n) is 8.63. The molecule has 1 unspecified atom stereocenters. The fourth-order valence-corrected chi connectivity index (χ4v) is 2.03. The molecule has 1 amide bonds. The summed E-state index contributed by atoms with van der Waals surface area (Å²) in [5.74, 6) is 0.258. The van der Waals surface area contributed by atoms with Crippen molar-refractivity contribution in [2.75, 3.05) is 6.54 Å². The largest absolute Gasteiger partial charge is 0.356 e. The normalized spacial score (nSPS) is 21.0. The molecule has 1 N–H and O–H groups in total. The number of hydrogen-bond donors (Lipinski definition) is 1. The van der Waals surface area contributed by atoms with Gasteiger partial charge in [-0.25, -0.2) is 0 Å². The lowest BCUT2D eigenvalue weighted by Crippen LogP contribution is -2.18. The van der Waals surface area contributed by atoms with Crippen molar-refractivity contribution >= 4 is 5.91 Å². The molecule has 0 bridgehead atoms. The molecule has 1 saturated heterocycles. The Bertz CT molecular complexity index is 371. The molecular formula is C12H15NO. The van der Waals surface area contributed by atoms with Gasteiger partial charge in [0.1, 0.15) is 0 Å². The first-order valence-corrected chi connectivity index (χ1v) is 5.03. The molecule has 0 saturated carbocycles. The van der Waals surface area contributed by atoms with Crippen LogP contribution in [0.2, 0.25) is 0 Å². The minimum Gasteiger partial charge on any atom is -0.356 e. The van der Waals surface area contributed by atoms with E-state index < -0.39 is 0 Å². The molecule has 0 aromatic heterocycles. The summed E-state index contributed by atoms with van der Waals surface area (Å²) in [4.78, 5) is 11.5. The van der Waals surface area contributed by atoms with Crippen molar-refractivity contribution in [3.8, 4) is 0 Å². The second-order valence-electron chi connectivity index (χ2n) is 3.99. The summed E-state index contributed by atoms with van der Waals surface area (Å²) < 4.78 is 0. The highest BCUT2D eigenvalue weighted by molar-refractivity contribution is 5.86. The number of rotatable bonds is 1. The van der Waals surface area contributed by atoms with Gasteiger partial charge in [-0.1, -0.05) is 23.8 Å². The van der Waals surface area contributed by atoms with Crippen LogP contribution in [-0.4, -0.2) is 12.5 Å². The molecule has 0 aliphatic carbocycles. The van der Waals surface area contributed by atoms with Gasteiger partial charge in [0.2, 0.25) is 5.91 Å². The van der Waals surface area contributed by atoms with Gasteiger partial charge in [-0.3, -0.25) is 4.79 Å². The van der Waals surface area contributed by atoms with Crippen LogP contribution >= 0.6 is 0 Å². The molecule has 1 aliphatic rings. The van der Waals surface area contributed by atoms with Crippen molar-refractivity contribution in [1.29, 1.82) is 0 Å². The SMILES string of the molecule is Cc1ccc(C)c(C2CCNC2=O)c1.